The zero-order valence-corrected chi connectivity index (χ0v) is 13.7. The van der Waals surface area contributed by atoms with E-state index in [0.29, 0.717) is 12.1 Å². The molecule has 1 atom stereocenters. The topological polar surface area (TPSA) is 45.7 Å². The summed E-state index contributed by atoms with van der Waals surface area (Å²) in [5, 5.41) is 0. The Balaban J connectivity index is 1.48. The zero-order chi connectivity index (χ0) is 16.1. The molecular weight excluding hydrogens is 290 g/mol. The fraction of sp³-hybridized carbons (Fsp3) is 0.556. The molecule has 124 valence electrons. The van der Waals surface area contributed by atoms with Crippen LogP contribution in [0.4, 0.5) is 0 Å². The van der Waals surface area contributed by atoms with Crippen LogP contribution in [0.1, 0.15) is 25.3 Å². The number of rotatable bonds is 3. The second-order valence-corrected chi connectivity index (χ2v) is 6.35. The van der Waals surface area contributed by atoms with Gasteiger partial charge in [-0.1, -0.05) is 0 Å². The summed E-state index contributed by atoms with van der Waals surface area (Å²) in [5.74, 6) is 0.107. The van der Waals surface area contributed by atoms with E-state index in [1.54, 1.807) is 18.5 Å². The van der Waals surface area contributed by atoms with E-state index in [4.69, 9.17) is 4.74 Å². The number of hydrogen-bond acceptors (Lipinski definition) is 4. The van der Waals surface area contributed by atoms with Gasteiger partial charge in [-0.05, 0) is 43.5 Å². The number of hydrogen-bond donors (Lipinski definition) is 0. The summed E-state index contributed by atoms with van der Waals surface area (Å²) in [6.07, 6.45) is 9.44. The summed E-state index contributed by atoms with van der Waals surface area (Å²) >= 11 is 0. The van der Waals surface area contributed by atoms with E-state index in [1.165, 1.54) is 0 Å². The summed E-state index contributed by atoms with van der Waals surface area (Å²) in [4.78, 5) is 20.8. The average Bonchev–Trinajstić information content (AvgIpc) is 2.61. The first-order valence-electron chi connectivity index (χ1n) is 8.45. The maximum absolute atomic E-state index is 12.3. The van der Waals surface area contributed by atoms with Gasteiger partial charge in [0.15, 0.2) is 0 Å². The van der Waals surface area contributed by atoms with Crippen molar-refractivity contribution in [2.45, 2.75) is 31.9 Å². The molecule has 0 spiro atoms. The van der Waals surface area contributed by atoms with E-state index in [0.717, 1.165) is 51.2 Å². The minimum atomic E-state index is 0.107. The van der Waals surface area contributed by atoms with Gasteiger partial charge in [-0.2, -0.15) is 0 Å². The molecule has 5 nitrogen and oxygen atoms in total. The van der Waals surface area contributed by atoms with Gasteiger partial charge < -0.3 is 9.64 Å². The number of amides is 1. The molecule has 2 aliphatic rings. The van der Waals surface area contributed by atoms with Crippen molar-refractivity contribution in [3.63, 3.8) is 0 Å². The number of pyridine rings is 1. The lowest BCUT2D eigenvalue weighted by Gasteiger charge is -2.41. The average molecular weight is 315 g/mol. The van der Waals surface area contributed by atoms with Crippen LogP contribution in [0.2, 0.25) is 0 Å². The van der Waals surface area contributed by atoms with Crippen molar-refractivity contribution in [3.05, 3.63) is 36.2 Å². The van der Waals surface area contributed by atoms with E-state index < -0.39 is 0 Å². The second-order valence-electron chi connectivity index (χ2n) is 6.35. The molecule has 0 bridgehead atoms. The number of aromatic nitrogens is 1. The number of carbonyl (C=O) groups excluding carboxylic acids is 1. The van der Waals surface area contributed by atoms with Crippen LogP contribution in [-0.2, 0) is 9.53 Å². The monoisotopic (exact) mass is 315 g/mol. The molecule has 1 unspecified atom stereocenters. The fourth-order valence-electron chi connectivity index (χ4n) is 3.38. The lowest BCUT2D eigenvalue weighted by molar-refractivity contribution is -0.128. The van der Waals surface area contributed by atoms with Gasteiger partial charge in [0.05, 0.1) is 12.7 Å². The Morgan fingerprint density at radius 1 is 1.26 bits per heavy atom. The molecule has 2 saturated heterocycles. The van der Waals surface area contributed by atoms with E-state index in [9.17, 15) is 4.79 Å². The van der Waals surface area contributed by atoms with Crippen molar-refractivity contribution in [1.82, 2.24) is 14.8 Å². The lowest BCUT2D eigenvalue weighted by atomic mass is 10.0. The molecule has 0 aromatic carbocycles. The Labute approximate surface area is 137 Å². The Kier molecular flexibility index (Phi) is 5.41. The maximum atomic E-state index is 12.3. The molecular formula is C18H25N3O2. The van der Waals surface area contributed by atoms with Gasteiger partial charge in [-0.25, -0.2) is 0 Å². The molecule has 2 aliphatic heterocycles. The van der Waals surface area contributed by atoms with E-state index in [1.807, 2.05) is 23.1 Å². The molecule has 1 aromatic rings. The molecule has 0 saturated carbocycles. The molecule has 3 heterocycles. The van der Waals surface area contributed by atoms with Crippen molar-refractivity contribution in [2.75, 3.05) is 32.8 Å². The van der Waals surface area contributed by atoms with Crippen LogP contribution in [-0.4, -0.2) is 65.6 Å². The first kappa shape index (κ1) is 16.1. The second kappa shape index (κ2) is 7.70. The number of likely N-dealkylation sites (tertiary alicyclic amines) is 1. The van der Waals surface area contributed by atoms with Crippen molar-refractivity contribution < 1.29 is 9.53 Å². The molecule has 3 rings (SSSR count). The molecule has 0 aliphatic carbocycles. The van der Waals surface area contributed by atoms with Gasteiger partial charge in [0.25, 0.3) is 0 Å². The number of nitrogens with zero attached hydrogens (tertiary/aromatic N) is 3. The molecule has 2 fully saturated rings. The number of morpholine rings is 1. The Morgan fingerprint density at radius 3 is 2.70 bits per heavy atom. The summed E-state index contributed by atoms with van der Waals surface area (Å²) in [5.41, 5.74) is 1.01. The highest BCUT2D eigenvalue weighted by atomic mass is 16.5. The van der Waals surface area contributed by atoms with Crippen molar-refractivity contribution in [2.24, 2.45) is 0 Å². The quantitative estimate of drug-likeness (QED) is 0.798. The largest absolute Gasteiger partial charge is 0.376 e. The van der Waals surface area contributed by atoms with Crippen molar-refractivity contribution in [1.29, 1.82) is 0 Å². The van der Waals surface area contributed by atoms with Crippen LogP contribution in [0.5, 0.6) is 0 Å². The minimum Gasteiger partial charge on any atom is -0.376 e. The predicted octanol–water partition coefficient (Wildman–Crippen LogP) is 1.81. The molecule has 1 aromatic heterocycles. The molecule has 0 N–H and O–H groups in total. The van der Waals surface area contributed by atoms with E-state index in [2.05, 4.69) is 16.8 Å². The van der Waals surface area contributed by atoms with Crippen LogP contribution < -0.4 is 0 Å². The Hall–Kier alpha value is -1.72. The standard InChI is InChI=1S/C18H25N3O2/c1-15-14-21(12-13-23-15)17-6-10-20(11-7-17)18(22)3-2-16-4-8-19-9-5-16/h2-5,8-9,15,17H,6-7,10-14H2,1H3/b3-2+. The third-order valence-corrected chi connectivity index (χ3v) is 4.69. The third-order valence-electron chi connectivity index (χ3n) is 4.69. The normalized spacial score (nSPS) is 24.2. The number of carbonyl (C=O) groups is 1. The van der Waals surface area contributed by atoms with Gasteiger partial charge in [-0.15, -0.1) is 0 Å². The molecule has 0 radical (unpaired) electrons. The summed E-state index contributed by atoms with van der Waals surface area (Å²) < 4.78 is 5.61. The van der Waals surface area contributed by atoms with Crippen LogP contribution in [0, 0.1) is 0 Å². The SMILES string of the molecule is CC1CN(C2CCN(C(=O)/C=C/c3ccncc3)CC2)CCO1. The molecule has 1 amide bonds. The van der Waals surface area contributed by atoms with E-state index >= 15 is 0 Å². The van der Waals surface area contributed by atoms with Gasteiger partial charge in [0, 0.05) is 50.7 Å². The first-order chi connectivity index (χ1) is 11.2. The van der Waals surface area contributed by atoms with Gasteiger partial charge in [-0.3, -0.25) is 14.7 Å². The summed E-state index contributed by atoms with van der Waals surface area (Å²) in [6, 6.07) is 4.39. The molecule has 23 heavy (non-hydrogen) atoms. The lowest BCUT2D eigenvalue weighted by Crippen LogP contribution is -2.51. The van der Waals surface area contributed by atoms with Crippen LogP contribution in [0.3, 0.4) is 0 Å². The van der Waals surface area contributed by atoms with Crippen LogP contribution in [0.15, 0.2) is 30.6 Å². The van der Waals surface area contributed by atoms with Gasteiger partial charge in [0.2, 0.25) is 5.91 Å². The Bertz CT molecular complexity index is 538. The van der Waals surface area contributed by atoms with Crippen molar-refractivity contribution in [3.8, 4) is 0 Å². The Morgan fingerprint density at radius 2 is 2.00 bits per heavy atom. The first-order valence-corrected chi connectivity index (χ1v) is 8.45. The fourth-order valence-corrected chi connectivity index (χ4v) is 3.38. The van der Waals surface area contributed by atoms with Crippen molar-refractivity contribution >= 4 is 12.0 Å². The highest BCUT2D eigenvalue weighted by Crippen LogP contribution is 2.19. The number of piperidine rings is 1. The maximum Gasteiger partial charge on any atom is 0.246 e. The van der Waals surface area contributed by atoms with E-state index in [-0.39, 0.29) is 5.91 Å². The third kappa shape index (κ3) is 4.39. The summed E-state index contributed by atoms with van der Waals surface area (Å²) in [7, 11) is 0. The number of ether oxygens (including phenoxy) is 1. The smallest absolute Gasteiger partial charge is 0.246 e. The van der Waals surface area contributed by atoms with Crippen LogP contribution in [0.25, 0.3) is 6.08 Å². The molecule has 5 heteroatoms. The van der Waals surface area contributed by atoms with Gasteiger partial charge >= 0.3 is 0 Å². The van der Waals surface area contributed by atoms with Gasteiger partial charge in [0.1, 0.15) is 0 Å². The summed E-state index contributed by atoms with van der Waals surface area (Å²) in [6.45, 7) is 6.68. The highest BCUT2D eigenvalue weighted by molar-refractivity contribution is 5.91. The van der Waals surface area contributed by atoms with Crippen LogP contribution >= 0.6 is 0 Å². The highest BCUT2D eigenvalue weighted by Gasteiger charge is 2.28. The predicted molar refractivity (Wildman–Crippen MR) is 89.9 cm³/mol. The minimum absolute atomic E-state index is 0.107. The zero-order valence-electron chi connectivity index (χ0n) is 13.7.